The average molecular weight is 433 g/mol. The van der Waals surface area contributed by atoms with Gasteiger partial charge in [0.15, 0.2) is 5.82 Å². The fourth-order valence-electron chi connectivity index (χ4n) is 2.97. The molecule has 0 saturated carbocycles. The van der Waals surface area contributed by atoms with E-state index in [4.69, 9.17) is 14.5 Å². The molecule has 3 aromatic rings. The molecule has 0 saturated heterocycles. The summed E-state index contributed by atoms with van der Waals surface area (Å²) in [7, 11) is 5.11. The van der Waals surface area contributed by atoms with Crippen LogP contribution in [-0.4, -0.2) is 36.9 Å². The standard InChI is InChI=1S/C23H24N4O2.C3H8/c1-6-12-25-19(7-2)23-26-21-18(22(24-3)27-23)13-16(14-20(21)29-5)15-8-10-17(28-4)11-9-15;1-3-2/h6-14H,2H2,1,3-5H3,(H,24,26,27);3H2,1-2H3/b12-6-,25-19?;. The summed E-state index contributed by atoms with van der Waals surface area (Å²) in [4.78, 5) is 13.7. The van der Waals surface area contributed by atoms with Crippen molar-refractivity contribution in [1.82, 2.24) is 9.97 Å². The summed E-state index contributed by atoms with van der Waals surface area (Å²) in [6.45, 7) is 9.98. The first-order valence-corrected chi connectivity index (χ1v) is 10.6. The van der Waals surface area contributed by atoms with Crippen molar-refractivity contribution >= 4 is 22.4 Å². The van der Waals surface area contributed by atoms with Crippen molar-refractivity contribution in [3.05, 3.63) is 67.2 Å². The van der Waals surface area contributed by atoms with Gasteiger partial charge in [-0.3, -0.25) is 4.99 Å². The molecule has 1 heterocycles. The molecular formula is C26H32N4O2. The summed E-state index contributed by atoms with van der Waals surface area (Å²) in [6.07, 6.45) is 6.41. The molecule has 32 heavy (non-hydrogen) atoms. The number of hydrogen-bond acceptors (Lipinski definition) is 6. The van der Waals surface area contributed by atoms with Gasteiger partial charge >= 0.3 is 0 Å². The van der Waals surface area contributed by atoms with E-state index in [1.54, 1.807) is 26.5 Å². The Balaban J connectivity index is 0.00000114. The third-order valence-electron chi connectivity index (χ3n) is 4.43. The molecule has 0 aliphatic carbocycles. The molecule has 168 valence electrons. The third-order valence-corrected chi connectivity index (χ3v) is 4.43. The molecule has 1 aromatic heterocycles. The molecule has 0 radical (unpaired) electrons. The number of ether oxygens (including phenoxy) is 2. The lowest BCUT2D eigenvalue weighted by atomic mass is 10.0. The minimum atomic E-state index is 0.477. The second-order valence-electron chi connectivity index (χ2n) is 6.86. The molecule has 0 bridgehead atoms. The normalized spacial score (nSPS) is 11.1. The molecule has 3 rings (SSSR count). The van der Waals surface area contributed by atoms with Gasteiger partial charge in [-0.15, -0.1) is 0 Å². The maximum Gasteiger partial charge on any atom is 0.180 e. The number of methoxy groups -OCH3 is 2. The van der Waals surface area contributed by atoms with E-state index in [-0.39, 0.29) is 0 Å². The number of aliphatic imine (C=N–C) groups is 1. The fourth-order valence-corrected chi connectivity index (χ4v) is 2.97. The lowest BCUT2D eigenvalue weighted by Gasteiger charge is -2.13. The lowest BCUT2D eigenvalue weighted by molar-refractivity contribution is 0.415. The maximum atomic E-state index is 5.66. The van der Waals surface area contributed by atoms with Crippen LogP contribution in [0.5, 0.6) is 11.5 Å². The zero-order chi connectivity index (χ0) is 23.5. The quantitative estimate of drug-likeness (QED) is 0.445. The lowest BCUT2D eigenvalue weighted by Crippen LogP contribution is -2.08. The summed E-state index contributed by atoms with van der Waals surface area (Å²) in [5, 5.41) is 4.02. The van der Waals surface area contributed by atoms with E-state index in [2.05, 4.69) is 35.7 Å². The van der Waals surface area contributed by atoms with Crippen LogP contribution in [0.3, 0.4) is 0 Å². The second kappa shape index (κ2) is 12.2. The summed E-state index contributed by atoms with van der Waals surface area (Å²) in [5.74, 6) is 2.63. The van der Waals surface area contributed by atoms with Gasteiger partial charge in [0.25, 0.3) is 0 Å². The van der Waals surface area contributed by atoms with Crippen LogP contribution >= 0.6 is 0 Å². The molecular weight excluding hydrogens is 400 g/mol. The Kier molecular flexibility index (Phi) is 9.42. The first-order chi connectivity index (χ1) is 15.6. The number of aromatic nitrogens is 2. The van der Waals surface area contributed by atoms with Crippen molar-refractivity contribution in [2.75, 3.05) is 26.6 Å². The van der Waals surface area contributed by atoms with Gasteiger partial charge in [0, 0.05) is 18.6 Å². The minimum Gasteiger partial charge on any atom is -0.497 e. The van der Waals surface area contributed by atoms with E-state index >= 15 is 0 Å². The van der Waals surface area contributed by atoms with E-state index in [9.17, 15) is 0 Å². The summed E-state index contributed by atoms with van der Waals surface area (Å²) in [6, 6.07) is 11.9. The van der Waals surface area contributed by atoms with Gasteiger partial charge in [0.2, 0.25) is 0 Å². The van der Waals surface area contributed by atoms with Gasteiger partial charge in [0.05, 0.1) is 14.2 Å². The van der Waals surface area contributed by atoms with Crippen LogP contribution in [0.2, 0.25) is 0 Å². The minimum absolute atomic E-state index is 0.477. The molecule has 0 spiro atoms. The first-order valence-electron chi connectivity index (χ1n) is 10.6. The molecule has 6 heteroatoms. The molecule has 0 atom stereocenters. The molecule has 0 amide bonds. The monoisotopic (exact) mass is 432 g/mol. The van der Waals surface area contributed by atoms with Gasteiger partial charge in [-0.1, -0.05) is 45.1 Å². The zero-order valence-electron chi connectivity index (χ0n) is 19.8. The smallest absolute Gasteiger partial charge is 0.180 e. The van der Waals surface area contributed by atoms with Crippen molar-refractivity contribution in [2.45, 2.75) is 27.2 Å². The topological polar surface area (TPSA) is 68.6 Å². The van der Waals surface area contributed by atoms with Gasteiger partial charge in [-0.2, -0.15) is 0 Å². The Labute approximate surface area is 190 Å². The summed E-state index contributed by atoms with van der Waals surface area (Å²) in [5.41, 5.74) is 3.33. The molecule has 0 unspecified atom stereocenters. The second-order valence-corrected chi connectivity index (χ2v) is 6.86. The SMILES string of the molecule is C=CC(=N/C=C\C)c1nc(NC)c2cc(-c3ccc(OC)cc3)cc(OC)c2n1.CCC. The van der Waals surface area contributed by atoms with Gasteiger partial charge in [-0.25, -0.2) is 9.97 Å². The van der Waals surface area contributed by atoms with Crippen molar-refractivity contribution in [3.63, 3.8) is 0 Å². The van der Waals surface area contributed by atoms with Crippen LogP contribution in [0.15, 0.2) is 66.3 Å². The average Bonchev–Trinajstić information content (AvgIpc) is 2.83. The van der Waals surface area contributed by atoms with E-state index in [0.29, 0.717) is 28.6 Å². The number of nitrogens with zero attached hydrogens (tertiary/aromatic N) is 3. The molecule has 2 aromatic carbocycles. The predicted octanol–water partition coefficient (Wildman–Crippen LogP) is 6.28. The van der Waals surface area contributed by atoms with Crippen molar-refractivity contribution < 1.29 is 9.47 Å². The Bertz CT molecular complexity index is 1100. The van der Waals surface area contributed by atoms with Crippen molar-refractivity contribution in [1.29, 1.82) is 0 Å². The number of allylic oxidation sites excluding steroid dienone is 2. The maximum absolute atomic E-state index is 5.66. The van der Waals surface area contributed by atoms with Crippen LogP contribution in [0.25, 0.3) is 22.0 Å². The summed E-state index contributed by atoms with van der Waals surface area (Å²) >= 11 is 0. The zero-order valence-corrected chi connectivity index (χ0v) is 19.8. The highest BCUT2D eigenvalue weighted by molar-refractivity contribution is 6.08. The highest BCUT2D eigenvalue weighted by atomic mass is 16.5. The van der Waals surface area contributed by atoms with Crippen molar-refractivity contribution in [3.8, 4) is 22.6 Å². The Hall–Kier alpha value is -3.67. The van der Waals surface area contributed by atoms with Gasteiger partial charge in [-0.05, 0) is 48.4 Å². The molecule has 0 aliphatic rings. The highest BCUT2D eigenvalue weighted by Crippen LogP contribution is 2.35. The van der Waals surface area contributed by atoms with E-state index in [1.807, 2.05) is 56.4 Å². The Morgan fingerprint density at radius 2 is 1.75 bits per heavy atom. The Morgan fingerprint density at radius 3 is 2.28 bits per heavy atom. The first kappa shape index (κ1) is 24.6. The van der Waals surface area contributed by atoms with Crippen LogP contribution in [0.4, 0.5) is 5.82 Å². The predicted molar refractivity (Wildman–Crippen MR) is 135 cm³/mol. The van der Waals surface area contributed by atoms with Crippen LogP contribution in [-0.2, 0) is 0 Å². The van der Waals surface area contributed by atoms with Crippen LogP contribution < -0.4 is 14.8 Å². The van der Waals surface area contributed by atoms with Crippen LogP contribution in [0, 0.1) is 0 Å². The van der Waals surface area contributed by atoms with E-state index in [0.717, 1.165) is 22.3 Å². The fraction of sp³-hybridized carbons (Fsp3) is 0.269. The van der Waals surface area contributed by atoms with Gasteiger partial charge in [0.1, 0.15) is 28.5 Å². The Morgan fingerprint density at radius 1 is 1.06 bits per heavy atom. The number of rotatable bonds is 7. The van der Waals surface area contributed by atoms with Crippen molar-refractivity contribution in [2.24, 2.45) is 4.99 Å². The molecule has 0 aliphatic heterocycles. The van der Waals surface area contributed by atoms with E-state index in [1.165, 1.54) is 6.42 Å². The highest BCUT2D eigenvalue weighted by Gasteiger charge is 2.15. The third kappa shape index (κ3) is 5.72. The largest absolute Gasteiger partial charge is 0.497 e. The number of hydrogen-bond donors (Lipinski definition) is 1. The number of fused-ring (bicyclic) bond motifs is 1. The number of benzene rings is 2. The van der Waals surface area contributed by atoms with Crippen LogP contribution in [0.1, 0.15) is 33.0 Å². The molecule has 1 N–H and O–H groups in total. The molecule has 0 fully saturated rings. The van der Waals surface area contributed by atoms with E-state index < -0.39 is 0 Å². The number of anilines is 1. The number of nitrogens with one attached hydrogen (secondary N) is 1. The summed E-state index contributed by atoms with van der Waals surface area (Å²) < 4.78 is 10.9. The van der Waals surface area contributed by atoms with Gasteiger partial charge < -0.3 is 14.8 Å². The molecule has 6 nitrogen and oxygen atoms in total.